The van der Waals surface area contributed by atoms with Crippen molar-refractivity contribution in [3.8, 4) is 0 Å². The fourth-order valence-corrected chi connectivity index (χ4v) is 5.32. The van der Waals surface area contributed by atoms with Crippen molar-refractivity contribution in [1.29, 1.82) is 0 Å². The lowest BCUT2D eigenvalue weighted by atomic mass is 9.91. The first-order valence-electron chi connectivity index (χ1n) is 13.0. The van der Waals surface area contributed by atoms with E-state index in [1.165, 1.54) is 6.92 Å². The van der Waals surface area contributed by atoms with Gasteiger partial charge >= 0.3 is 11.9 Å². The van der Waals surface area contributed by atoms with Crippen LogP contribution in [0.4, 0.5) is 0 Å². The molecule has 0 radical (unpaired) electrons. The maximum atomic E-state index is 13.8. The van der Waals surface area contributed by atoms with Crippen LogP contribution >= 0.6 is 0 Å². The number of piperidine rings is 1. The minimum absolute atomic E-state index is 0.0464. The third kappa shape index (κ3) is 6.63. The summed E-state index contributed by atoms with van der Waals surface area (Å²) >= 11 is 0. The molecule has 0 bridgehead atoms. The van der Waals surface area contributed by atoms with Crippen molar-refractivity contribution >= 4 is 23.8 Å². The molecule has 1 aromatic carbocycles. The van der Waals surface area contributed by atoms with Gasteiger partial charge in [-0.15, -0.1) is 0 Å². The van der Waals surface area contributed by atoms with Crippen LogP contribution in [0.5, 0.6) is 0 Å². The van der Waals surface area contributed by atoms with Gasteiger partial charge in [0.15, 0.2) is 0 Å². The number of rotatable bonds is 10. The molecule has 2 aliphatic rings. The number of hydrogen-bond acceptors (Lipinski definition) is 7. The first kappa shape index (κ1) is 27.6. The van der Waals surface area contributed by atoms with E-state index in [-0.39, 0.29) is 37.0 Å². The van der Waals surface area contributed by atoms with Gasteiger partial charge in [0.25, 0.3) is 0 Å². The maximum absolute atomic E-state index is 13.8. The Hall–Kier alpha value is -2.94. The highest BCUT2D eigenvalue weighted by Crippen LogP contribution is 2.37. The lowest BCUT2D eigenvalue weighted by molar-refractivity contribution is -0.156. The fraction of sp³-hybridized carbons (Fsp3) is 0.630. The van der Waals surface area contributed by atoms with Crippen molar-refractivity contribution in [1.82, 2.24) is 15.1 Å². The number of likely N-dealkylation sites (tertiary alicyclic amines) is 2. The normalized spacial score (nSPS) is 22.9. The molecule has 5 atom stereocenters. The monoisotopic (exact) mass is 501 g/mol. The third-order valence-electron chi connectivity index (χ3n) is 7.16. The molecule has 1 N–H and O–H groups in total. The standard InChI is InChI=1S/C27H39N3O6/c1-5-35-26(33)22(13-12-20-10-8-7-9-11-20)28-18(3)25(32)30-23(27(34)36-6-2)16-21-14-15-29(19(4)31)17-24(21)30/h7-11,18,21-24,28H,5-6,12-17H2,1-4H3/t18-,21-,22-,23+,24+/m1/s1. The maximum Gasteiger partial charge on any atom is 0.328 e. The Bertz CT molecular complexity index is 923. The minimum Gasteiger partial charge on any atom is -0.465 e. The van der Waals surface area contributed by atoms with E-state index in [0.717, 1.165) is 12.0 Å². The zero-order chi connectivity index (χ0) is 26.2. The number of ether oxygens (including phenoxy) is 2. The average molecular weight is 502 g/mol. The van der Waals surface area contributed by atoms with Crippen LogP contribution in [0.15, 0.2) is 30.3 Å². The van der Waals surface area contributed by atoms with Crippen molar-refractivity contribution in [2.45, 2.75) is 77.5 Å². The van der Waals surface area contributed by atoms with Gasteiger partial charge in [-0.05, 0) is 57.9 Å². The average Bonchev–Trinajstić information content (AvgIpc) is 3.25. The summed E-state index contributed by atoms with van der Waals surface area (Å²) in [6.45, 7) is 8.19. The Morgan fingerprint density at radius 1 is 1.08 bits per heavy atom. The highest BCUT2D eigenvalue weighted by Gasteiger charge is 2.50. The van der Waals surface area contributed by atoms with Gasteiger partial charge in [0, 0.05) is 20.0 Å². The van der Waals surface area contributed by atoms with Crippen molar-refractivity contribution in [3.63, 3.8) is 0 Å². The van der Waals surface area contributed by atoms with E-state index in [0.29, 0.717) is 32.4 Å². The van der Waals surface area contributed by atoms with Crippen LogP contribution in [0, 0.1) is 5.92 Å². The number of carbonyl (C=O) groups is 4. The smallest absolute Gasteiger partial charge is 0.328 e. The van der Waals surface area contributed by atoms with E-state index < -0.39 is 30.1 Å². The summed E-state index contributed by atoms with van der Waals surface area (Å²) < 4.78 is 10.6. The summed E-state index contributed by atoms with van der Waals surface area (Å²) in [5.74, 6) is -1.04. The highest BCUT2D eigenvalue weighted by molar-refractivity contribution is 5.89. The molecule has 36 heavy (non-hydrogen) atoms. The molecule has 3 rings (SSSR count). The summed E-state index contributed by atoms with van der Waals surface area (Å²) in [4.78, 5) is 54.7. The molecule has 2 aliphatic heterocycles. The van der Waals surface area contributed by atoms with Crippen LogP contribution in [0.2, 0.25) is 0 Å². The third-order valence-corrected chi connectivity index (χ3v) is 7.16. The van der Waals surface area contributed by atoms with Crippen molar-refractivity contribution in [2.24, 2.45) is 5.92 Å². The molecule has 1 aromatic rings. The molecule has 0 spiro atoms. The minimum atomic E-state index is -0.737. The molecular weight excluding hydrogens is 462 g/mol. The molecule has 2 amide bonds. The van der Waals surface area contributed by atoms with E-state index in [9.17, 15) is 19.2 Å². The van der Waals surface area contributed by atoms with Gasteiger partial charge in [-0.3, -0.25) is 19.7 Å². The highest BCUT2D eigenvalue weighted by atomic mass is 16.5. The van der Waals surface area contributed by atoms with Crippen LogP contribution < -0.4 is 5.32 Å². The largest absolute Gasteiger partial charge is 0.465 e. The predicted molar refractivity (Wildman–Crippen MR) is 134 cm³/mol. The zero-order valence-electron chi connectivity index (χ0n) is 21.8. The Balaban J connectivity index is 1.77. The van der Waals surface area contributed by atoms with Crippen molar-refractivity contribution in [2.75, 3.05) is 26.3 Å². The fourth-order valence-electron chi connectivity index (χ4n) is 5.32. The number of nitrogens with one attached hydrogen (secondary N) is 1. The predicted octanol–water partition coefficient (Wildman–Crippen LogP) is 1.93. The topological polar surface area (TPSA) is 105 Å². The first-order valence-corrected chi connectivity index (χ1v) is 13.0. The van der Waals surface area contributed by atoms with Gasteiger partial charge in [-0.2, -0.15) is 0 Å². The second kappa shape index (κ2) is 12.9. The summed E-state index contributed by atoms with van der Waals surface area (Å²) in [6, 6.07) is 7.44. The summed E-state index contributed by atoms with van der Waals surface area (Å²) in [6.07, 6.45) is 2.36. The van der Waals surface area contributed by atoms with Gasteiger partial charge in [0.05, 0.1) is 25.3 Å². The van der Waals surface area contributed by atoms with Gasteiger partial charge < -0.3 is 19.3 Å². The van der Waals surface area contributed by atoms with Gasteiger partial charge in [-0.25, -0.2) is 4.79 Å². The van der Waals surface area contributed by atoms with Crippen LogP contribution in [0.3, 0.4) is 0 Å². The van der Waals surface area contributed by atoms with E-state index in [1.807, 2.05) is 30.3 Å². The molecule has 9 heteroatoms. The SMILES string of the molecule is CCOC(=O)[C@@H](CCc1ccccc1)N[C@H](C)C(=O)N1[C@H](C(=O)OCC)C[C@H]2CCN(C(C)=O)C[C@@H]21. The lowest BCUT2D eigenvalue weighted by Gasteiger charge is -2.39. The Morgan fingerprint density at radius 2 is 1.78 bits per heavy atom. The second-order valence-electron chi connectivity index (χ2n) is 9.55. The quantitative estimate of drug-likeness (QED) is 0.489. The number of hydrogen-bond donors (Lipinski definition) is 1. The molecule has 0 aromatic heterocycles. The first-order chi connectivity index (χ1) is 17.3. The molecule has 198 valence electrons. The number of amides is 2. The zero-order valence-corrected chi connectivity index (χ0v) is 21.8. The van der Waals surface area contributed by atoms with Gasteiger partial charge in [0.1, 0.15) is 12.1 Å². The molecular formula is C27H39N3O6. The van der Waals surface area contributed by atoms with E-state index in [1.54, 1.807) is 30.6 Å². The Morgan fingerprint density at radius 3 is 2.42 bits per heavy atom. The van der Waals surface area contributed by atoms with Crippen molar-refractivity contribution < 1.29 is 28.7 Å². The lowest BCUT2D eigenvalue weighted by Crippen LogP contribution is -2.58. The molecule has 2 fully saturated rings. The van der Waals surface area contributed by atoms with Crippen LogP contribution in [0.25, 0.3) is 0 Å². The number of aryl methyl sites for hydroxylation is 1. The summed E-state index contributed by atoms with van der Waals surface area (Å²) in [5.41, 5.74) is 1.09. The van der Waals surface area contributed by atoms with E-state index in [4.69, 9.17) is 9.47 Å². The number of carbonyl (C=O) groups excluding carboxylic acids is 4. The van der Waals surface area contributed by atoms with Crippen molar-refractivity contribution in [3.05, 3.63) is 35.9 Å². The molecule has 9 nitrogen and oxygen atoms in total. The molecule has 0 saturated carbocycles. The van der Waals surface area contributed by atoms with Gasteiger partial charge in [-0.1, -0.05) is 30.3 Å². The van der Waals surface area contributed by atoms with E-state index in [2.05, 4.69) is 5.32 Å². The van der Waals surface area contributed by atoms with Crippen LogP contribution in [-0.2, 0) is 35.1 Å². The number of nitrogens with zero attached hydrogens (tertiary/aromatic N) is 2. The number of esters is 2. The van der Waals surface area contributed by atoms with Crippen LogP contribution in [0.1, 0.15) is 52.5 Å². The number of fused-ring (bicyclic) bond motifs is 1. The molecule has 2 heterocycles. The second-order valence-corrected chi connectivity index (χ2v) is 9.55. The molecule has 0 unspecified atom stereocenters. The summed E-state index contributed by atoms with van der Waals surface area (Å²) in [5, 5.41) is 3.17. The van der Waals surface area contributed by atoms with Gasteiger partial charge in [0.2, 0.25) is 11.8 Å². The molecule has 2 saturated heterocycles. The number of benzene rings is 1. The Labute approximate surface area is 213 Å². The summed E-state index contributed by atoms with van der Waals surface area (Å²) in [7, 11) is 0. The van der Waals surface area contributed by atoms with E-state index >= 15 is 0 Å². The Kier molecular flexibility index (Phi) is 9.87. The molecule has 0 aliphatic carbocycles. The van der Waals surface area contributed by atoms with Crippen LogP contribution in [-0.4, -0.2) is 84.0 Å².